The highest BCUT2D eigenvalue weighted by molar-refractivity contribution is 6.33. The predicted molar refractivity (Wildman–Crippen MR) is 73.6 cm³/mol. The molecule has 0 amide bonds. The maximum atomic E-state index is 12.5. The van der Waals surface area contributed by atoms with Crippen LogP contribution in [-0.4, -0.2) is 10.2 Å². The largest absolute Gasteiger partial charge is 0.504 e. The van der Waals surface area contributed by atoms with Crippen molar-refractivity contribution in [2.75, 3.05) is 5.32 Å². The molecule has 0 bridgehead atoms. The van der Waals surface area contributed by atoms with E-state index in [1.807, 2.05) is 0 Å². The van der Waals surface area contributed by atoms with Gasteiger partial charge in [-0.05, 0) is 24.3 Å². The minimum Gasteiger partial charge on any atom is -0.504 e. The lowest BCUT2D eigenvalue weighted by atomic mass is 10.1. The number of aromatic hydroxyl groups is 2. The smallest absolute Gasteiger partial charge is 0.416 e. The van der Waals surface area contributed by atoms with Crippen molar-refractivity contribution in [2.24, 2.45) is 0 Å². The Morgan fingerprint density at radius 3 is 2.43 bits per heavy atom. The predicted octanol–water partition coefficient (Wildman–Crippen LogP) is 4.38. The summed E-state index contributed by atoms with van der Waals surface area (Å²) < 4.78 is 37.5. The molecule has 0 aliphatic heterocycles. The Balaban J connectivity index is 2.16. The standard InChI is InChI=1S/C14H11ClF3NO2/c15-10-6-9(14(16,17)18)4-5-11(10)19-7-8-2-1-3-12(20)13(8)21/h1-6,19-21H,7H2. The summed E-state index contributed by atoms with van der Waals surface area (Å²) >= 11 is 5.80. The first kappa shape index (κ1) is 15.3. The number of phenols is 2. The summed E-state index contributed by atoms with van der Waals surface area (Å²) in [6.45, 7) is 0.102. The van der Waals surface area contributed by atoms with Crippen molar-refractivity contribution in [3.8, 4) is 11.5 Å². The van der Waals surface area contributed by atoms with E-state index in [-0.39, 0.29) is 23.1 Å². The van der Waals surface area contributed by atoms with Crippen molar-refractivity contribution in [1.29, 1.82) is 0 Å². The van der Waals surface area contributed by atoms with Crippen LogP contribution in [0, 0.1) is 0 Å². The Kier molecular flexibility index (Phi) is 4.18. The van der Waals surface area contributed by atoms with Gasteiger partial charge in [-0.2, -0.15) is 13.2 Å². The third-order valence-electron chi connectivity index (χ3n) is 2.86. The number of rotatable bonds is 3. The lowest BCUT2D eigenvalue weighted by Gasteiger charge is -2.12. The fourth-order valence-electron chi connectivity index (χ4n) is 1.75. The highest BCUT2D eigenvalue weighted by Gasteiger charge is 2.30. The van der Waals surface area contributed by atoms with Crippen LogP contribution in [0.2, 0.25) is 5.02 Å². The molecule has 3 nitrogen and oxygen atoms in total. The summed E-state index contributed by atoms with van der Waals surface area (Å²) in [5.41, 5.74) is -0.142. The number of para-hydroxylation sites is 1. The highest BCUT2D eigenvalue weighted by Crippen LogP contribution is 2.34. The molecule has 3 N–H and O–H groups in total. The Morgan fingerprint density at radius 1 is 1.10 bits per heavy atom. The second-order valence-electron chi connectivity index (χ2n) is 4.33. The van der Waals surface area contributed by atoms with Crippen LogP contribution < -0.4 is 5.32 Å². The molecule has 2 aromatic carbocycles. The highest BCUT2D eigenvalue weighted by atomic mass is 35.5. The van der Waals surface area contributed by atoms with Crippen molar-refractivity contribution < 1.29 is 23.4 Å². The summed E-state index contributed by atoms with van der Waals surface area (Å²) in [5, 5.41) is 21.7. The molecule has 7 heteroatoms. The summed E-state index contributed by atoms with van der Waals surface area (Å²) in [5.74, 6) is -0.555. The molecule has 0 fully saturated rings. The Labute approximate surface area is 123 Å². The van der Waals surface area contributed by atoms with Gasteiger partial charge in [0.1, 0.15) is 0 Å². The summed E-state index contributed by atoms with van der Waals surface area (Å²) in [4.78, 5) is 0. The van der Waals surface area contributed by atoms with Gasteiger partial charge in [-0.25, -0.2) is 0 Å². The number of hydrogen-bond acceptors (Lipinski definition) is 3. The maximum Gasteiger partial charge on any atom is 0.416 e. The quantitative estimate of drug-likeness (QED) is 0.736. The maximum absolute atomic E-state index is 12.5. The van der Waals surface area contributed by atoms with Crippen LogP contribution in [0.1, 0.15) is 11.1 Å². The van der Waals surface area contributed by atoms with E-state index in [2.05, 4.69) is 5.32 Å². The lowest BCUT2D eigenvalue weighted by molar-refractivity contribution is -0.137. The fourth-order valence-corrected chi connectivity index (χ4v) is 1.99. The van der Waals surface area contributed by atoms with Gasteiger partial charge in [-0.15, -0.1) is 0 Å². The zero-order valence-electron chi connectivity index (χ0n) is 10.6. The first-order valence-corrected chi connectivity index (χ1v) is 6.27. The van der Waals surface area contributed by atoms with Gasteiger partial charge in [-0.3, -0.25) is 0 Å². The van der Waals surface area contributed by atoms with Crippen molar-refractivity contribution in [2.45, 2.75) is 12.7 Å². The Bertz CT molecular complexity index is 659. The van der Waals surface area contributed by atoms with Gasteiger partial charge in [-0.1, -0.05) is 23.7 Å². The molecule has 0 heterocycles. The van der Waals surface area contributed by atoms with Crippen molar-refractivity contribution >= 4 is 17.3 Å². The number of hydrogen-bond donors (Lipinski definition) is 3. The van der Waals surface area contributed by atoms with Crippen LogP contribution >= 0.6 is 11.6 Å². The number of benzene rings is 2. The minimum atomic E-state index is -4.45. The molecular weight excluding hydrogens is 307 g/mol. The second kappa shape index (κ2) is 5.73. The van der Waals surface area contributed by atoms with Crippen LogP contribution in [0.15, 0.2) is 36.4 Å². The van der Waals surface area contributed by atoms with E-state index in [1.165, 1.54) is 12.1 Å². The molecular formula is C14H11ClF3NO2. The van der Waals surface area contributed by atoms with Crippen LogP contribution in [0.4, 0.5) is 18.9 Å². The molecule has 0 radical (unpaired) electrons. The van der Waals surface area contributed by atoms with E-state index in [1.54, 1.807) is 12.1 Å². The zero-order chi connectivity index (χ0) is 15.6. The summed E-state index contributed by atoms with van der Waals surface area (Å²) in [6.07, 6.45) is -4.45. The lowest BCUT2D eigenvalue weighted by Crippen LogP contribution is -2.06. The monoisotopic (exact) mass is 317 g/mol. The molecule has 0 spiro atoms. The third-order valence-corrected chi connectivity index (χ3v) is 3.18. The molecule has 0 atom stereocenters. The van der Waals surface area contributed by atoms with E-state index in [0.717, 1.165) is 12.1 Å². The first-order chi connectivity index (χ1) is 9.79. The topological polar surface area (TPSA) is 52.5 Å². The van der Waals surface area contributed by atoms with Gasteiger partial charge in [0.05, 0.1) is 16.3 Å². The Hall–Kier alpha value is -2.08. The molecule has 2 aromatic rings. The summed E-state index contributed by atoms with van der Waals surface area (Å²) in [6, 6.07) is 7.39. The number of phenolic OH excluding ortho intramolecular Hbond substituents is 2. The fraction of sp³-hybridized carbons (Fsp3) is 0.143. The number of halogens is 4. The molecule has 0 saturated heterocycles. The minimum absolute atomic E-state index is 0.0792. The van der Waals surface area contributed by atoms with Gasteiger partial charge in [0, 0.05) is 12.1 Å². The number of nitrogens with one attached hydrogen (secondary N) is 1. The molecule has 0 unspecified atom stereocenters. The van der Waals surface area contributed by atoms with E-state index < -0.39 is 11.7 Å². The van der Waals surface area contributed by atoms with Gasteiger partial charge in [0.25, 0.3) is 0 Å². The van der Waals surface area contributed by atoms with E-state index in [0.29, 0.717) is 11.3 Å². The van der Waals surface area contributed by atoms with E-state index in [9.17, 15) is 23.4 Å². The van der Waals surface area contributed by atoms with Crippen LogP contribution in [0.25, 0.3) is 0 Å². The average Bonchev–Trinajstić information content (AvgIpc) is 2.40. The molecule has 0 saturated carbocycles. The number of anilines is 1. The molecule has 112 valence electrons. The molecule has 0 aliphatic rings. The SMILES string of the molecule is Oc1cccc(CNc2ccc(C(F)(F)F)cc2Cl)c1O. The van der Waals surface area contributed by atoms with Crippen molar-refractivity contribution in [3.63, 3.8) is 0 Å². The van der Waals surface area contributed by atoms with Gasteiger partial charge in [0.15, 0.2) is 11.5 Å². The Morgan fingerprint density at radius 2 is 1.81 bits per heavy atom. The van der Waals surface area contributed by atoms with Gasteiger partial charge in [0.2, 0.25) is 0 Å². The molecule has 2 rings (SSSR count). The van der Waals surface area contributed by atoms with Gasteiger partial charge >= 0.3 is 6.18 Å². The average molecular weight is 318 g/mol. The second-order valence-corrected chi connectivity index (χ2v) is 4.74. The van der Waals surface area contributed by atoms with E-state index >= 15 is 0 Å². The van der Waals surface area contributed by atoms with Gasteiger partial charge < -0.3 is 15.5 Å². The zero-order valence-corrected chi connectivity index (χ0v) is 11.3. The third kappa shape index (κ3) is 3.52. The van der Waals surface area contributed by atoms with Crippen molar-refractivity contribution in [1.82, 2.24) is 0 Å². The molecule has 0 aromatic heterocycles. The summed E-state index contributed by atoms with van der Waals surface area (Å²) in [7, 11) is 0. The molecule has 0 aliphatic carbocycles. The van der Waals surface area contributed by atoms with E-state index in [4.69, 9.17) is 11.6 Å². The first-order valence-electron chi connectivity index (χ1n) is 5.89. The number of alkyl halides is 3. The molecule has 21 heavy (non-hydrogen) atoms. The van der Waals surface area contributed by atoms with Crippen molar-refractivity contribution in [3.05, 3.63) is 52.5 Å². The van der Waals surface area contributed by atoms with Crippen LogP contribution in [-0.2, 0) is 12.7 Å². The normalized spacial score (nSPS) is 11.4. The van der Waals surface area contributed by atoms with Crippen LogP contribution in [0.3, 0.4) is 0 Å². The van der Waals surface area contributed by atoms with Crippen LogP contribution in [0.5, 0.6) is 11.5 Å².